The lowest BCUT2D eigenvalue weighted by molar-refractivity contribution is -0.131. The van der Waals surface area contributed by atoms with Crippen molar-refractivity contribution < 1.29 is 4.79 Å². The number of amides is 1. The van der Waals surface area contributed by atoms with Gasteiger partial charge in [0.05, 0.1) is 13.0 Å². The highest BCUT2D eigenvalue weighted by Crippen LogP contribution is 2.13. The molecule has 3 rings (SSSR count). The summed E-state index contributed by atoms with van der Waals surface area (Å²) in [6, 6.07) is 7.46. The molecule has 0 atom stereocenters. The molecule has 0 unspecified atom stereocenters. The summed E-state index contributed by atoms with van der Waals surface area (Å²) in [5.74, 6) is 1.81. The minimum Gasteiger partial charge on any atom is -0.349 e. The fourth-order valence-corrected chi connectivity index (χ4v) is 3.48. The van der Waals surface area contributed by atoms with E-state index in [1.165, 1.54) is 0 Å². The molecular formula is C19H26ClN7O. The second-order valence-electron chi connectivity index (χ2n) is 6.61. The molecule has 0 saturated carbocycles. The molecule has 0 bridgehead atoms. The highest BCUT2D eigenvalue weighted by atomic mass is 35.5. The molecule has 150 valence electrons. The fourth-order valence-electron chi connectivity index (χ4n) is 3.27. The first-order valence-electron chi connectivity index (χ1n) is 9.45. The number of aryl methyl sites for hydroxylation is 1. The van der Waals surface area contributed by atoms with Crippen LogP contribution in [0.3, 0.4) is 0 Å². The van der Waals surface area contributed by atoms with Crippen molar-refractivity contribution in [2.24, 2.45) is 4.99 Å². The highest BCUT2D eigenvalue weighted by Gasteiger charge is 2.23. The van der Waals surface area contributed by atoms with E-state index in [0.29, 0.717) is 31.1 Å². The van der Waals surface area contributed by atoms with Crippen LogP contribution in [0, 0.1) is 0 Å². The van der Waals surface area contributed by atoms with Crippen LogP contribution < -0.4 is 5.32 Å². The Bertz CT molecular complexity index is 827. The van der Waals surface area contributed by atoms with E-state index in [1.807, 2.05) is 33.7 Å². The summed E-state index contributed by atoms with van der Waals surface area (Å²) >= 11 is 6.01. The van der Waals surface area contributed by atoms with Gasteiger partial charge in [-0.3, -0.25) is 9.79 Å². The molecule has 0 spiro atoms. The highest BCUT2D eigenvalue weighted by molar-refractivity contribution is 6.30. The Morgan fingerprint density at radius 3 is 2.68 bits per heavy atom. The molecular weight excluding hydrogens is 378 g/mol. The molecule has 1 aromatic heterocycles. The van der Waals surface area contributed by atoms with Crippen LogP contribution in [-0.2, 0) is 24.3 Å². The molecule has 2 heterocycles. The van der Waals surface area contributed by atoms with E-state index >= 15 is 0 Å². The van der Waals surface area contributed by atoms with Crippen molar-refractivity contribution in [3.05, 3.63) is 47.0 Å². The third-order valence-electron chi connectivity index (χ3n) is 4.83. The predicted octanol–water partition coefficient (Wildman–Crippen LogP) is 1.41. The molecule has 1 aliphatic heterocycles. The maximum Gasteiger partial charge on any atom is 0.227 e. The van der Waals surface area contributed by atoms with Crippen molar-refractivity contribution in [2.75, 3.05) is 33.2 Å². The summed E-state index contributed by atoms with van der Waals surface area (Å²) in [5, 5.41) is 12.1. The SMILES string of the molecule is CCn1cnnc1CNC(=NC)N1CCN(C(=O)Cc2cccc(Cl)c2)CC1. The van der Waals surface area contributed by atoms with Gasteiger partial charge in [-0.05, 0) is 24.6 Å². The molecule has 2 aromatic rings. The van der Waals surface area contributed by atoms with Crippen molar-refractivity contribution >= 4 is 23.5 Å². The first kappa shape index (κ1) is 20.1. The molecule has 1 fully saturated rings. The van der Waals surface area contributed by atoms with Gasteiger partial charge in [0.25, 0.3) is 0 Å². The Hall–Kier alpha value is -2.61. The van der Waals surface area contributed by atoms with Crippen LogP contribution in [0.4, 0.5) is 0 Å². The standard InChI is InChI=1S/C19H26ClN7O/c1-3-25-14-23-24-17(25)13-22-19(21-2)27-9-7-26(8-10-27)18(28)12-15-5-4-6-16(20)11-15/h4-6,11,14H,3,7-10,12-13H2,1-2H3,(H,21,22). The van der Waals surface area contributed by atoms with Gasteiger partial charge < -0.3 is 19.7 Å². The van der Waals surface area contributed by atoms with E-state index in [-0.39, 0.29) is 5.91 Å². The second-order valence-corrected chi connectivity index (χ2v) is 7.04. The number of carbonyl (C=O) groups is 1. The van der Waals surface area contributed by atoms with Gasteiger partial charge in [0.15, 0.2) is 11.8 Å². The Morgan fingerprint density at radius 1 is 1.25 bits per heavy atom. The molecule has 1 amide bonds. The Balaban J connectivity index is 1.50. The van der Waals surface area contributed by atoms with Gasteiger partial charge in [0.1, 0.15) is 6.33 Å². The van der Waals surface area contributed by atoms with Gasteiger partial charge in [0, 0.05) is 44.8 Å². The van der Waals surface area contributed by atoms with Crippen LogP contribution in [0.25, 0.3) is 0 Å². The van der Waals surface area contributed by atoms with Crippen molar-refractivity contribution in [2.45, 2.75) is 26.4 Å². The normalized spacial score (nSPS) is 15.0. The average Bonchev–Trinajstić information content (AvgIpc) is 3.16. The van der Waals surface area contributed by atoms with Crippen molar-refractivity contribution in [1.29, 1.82) is 0 Å². The second kappa shape index (κ2) is 9.54. The minimum atomic E-state index is 0.126. The maximum atomic E-state index is 12.6. The number of benzene rings is 1. The lowest BCUT2D eigenvalue weighted by Gasteiger charge is -2.36. The van der Waals surface area contributed by atoms with Gasteiger partial charge in [-0.2, -0.15) is 0 Å². The molecule has 28 heavy (non-hydrogen) atoms. The van der Waals surface area contributed by atoms with Crippen LogP contribution >= 0.6 is 11.6 Å². The number of aromatic nitrogens is 3. The average molecular weight is 404 g/mol. The first-order chi connectivity index (χ1) is 13.6. The number of piperazine rings is 1. The molecule has 1 saturated heterocycles. The summed E-state index contributed by atoms with van der Waals surface area (Å²) in [7, 11) is 1.77. The monoisotopic (exact) mass is 403 g/mol. The lowest BCUT2D eigenvalue weighted by atomic mass is 10.1. The molecule has 0 radical (unpaired) electrons. The molecule has 1 N–H and O–H groups in total. The number of nitrogens with one attached hydrogen (secondary N) is 1. The van der Waals surface area contributed by atoms with Crippen molar-refractivity contribution in [3.8, 4) is 0 Å². The number of nitrogens with zero attached hydrogens (tertiary/aromatic N) is 6. The van der Waals surface area contributed by atoms with Crippen molar-refractivity contribution in [3.63, 3.8) is 0 Å². The van der Waals surface area contributed by atoms with Crippen LogP contribution in [0.5, 0.6) is 0 Å². The van der Waals surface area contributed by atoms with E-state index in [4.69, 9.17) is 11.6 Å². The topological polar surface area (TPSA) is 78.7 Å². The molecule has 8 nitrogen and oxygen atoms in total. The number of aliphatic imine (C=N–C) groups is 1. The Labute approximate surface area is 170 Å². The Kier molecular flexibility index (Phi) is 6.86. The summed E-state index contributed by atoms with van der Waals surface area (Å²) in [5.41, 5.74) is 0.942. The van der Waals surface area contributed by atoms with Gasteiger partial charge in [-0.25, -0.2) is 0 Å². The molecule has 9 heteroatoms. The summed E-state index contributed by atoms with van der Waals surface area (Å²) in [6.45, 7) is 6.27. The zero-order valence-corrected chi connectivity index (χ0v) is 17.1. The number of halogens is 1. The molecule has 1 aliphatic rings. The predicted molar refractivity (Wildman–Crippen MR) is 109 cm³/mol. The number of hydrogen-bond acceptors (Lipinski definition) is 4. The van der Waals surface area contributed by atoms with E-state index in [9.17, 15) is 4.79 Å². The molecule has 1 aromatic carbocycles. The fraction of sp³-hybridized carbons (Fsp3) is 0.474. The van der Waals surface area contributed by atoms with E-state index in [1.54, 1.807) is 13.4 Å². The minimum absolute atomic E-state index is 0.126. The zero-order chi connectivity index (χ0) is 19.9. The summed E-state index contributed by atoms with van der Waals surface area (Å²) < 4.78 is 1.99. The van der Waals surface area contributed by atoms with Gasteiger partial charge in [-0.1, -0.05) is 23.7 Å². The summed E-state index contributed by atoms with van der Waals surface area (Å²) in [4.78, 5) is 21.0. The van der Waals surface area contributed by atoms with Crippen LogP contribution in [0.15, 0.2) is 35.6 Å². The zero-order valence-electron chi connectivity index (χ0n) is 16.3. The largest absolute Gasteiger partial charge is 0.349 e. The maximum absolute atomic E-state index is 12.6. The van der Waals surface area contributed by atoms with E-state index in [2.05, 4.69) is 32.3 Å². The number of rotatable bonds is 5. The van der Waals surface area contributed by atoms with Gasteiger partial charge >= 0.3 is 0 Å². The van der Waals surface area contributed by atoms with Gasteiger partial charge in [0.2, 0.25) is 5.91 Å². The van der Waals surface area contributed by atoms with Crippen LogP contribution in [-0.4, -0.2) is 69.7 Å². The van der Waals surface area contributed by atoms with E-state index in [0.717, 1.165) is 37.0 Å². The van der Waals surface area contributed by atoms with E-state index < -0.39 is 0 Å². The smallest absolute Gasteiger partial charge is 0.227 e. The lowest BCUT2D eigenvalue weighted by Crippen LogP contribution is -2.54. The third-order valence-corrected chi connectivity index (χ3v) is 5.06. The van der Waals surface area contributed by atoms with Crippen molar-refractivity contribution in [1.82, 2.24) is 29.9 Å². The van der Waals surface area contributed by atoms with Gasteiger partial charge in [-0.15, -0.1) is 10.2 Å². The van der Waals surface area contributed by atoms with Crippen LogP contribution in [0.2, 0.25) is 5.02 Å². The summed E-state index contributed by atoms with van der Waals surface area (Å²) in [6.07, 6.45) is 2.10. The Morgan fingerprint density at radius 2 is 2.00 bits per heavy atom. The number of hydrogen-bond donors (Lipinski definition) is 1. The number of guanidine groups is 1. The quantitative estimate of drug-likeness (QED) is 0.603. The number of carbonyl (C=O) groups excluding carboxylic acids is 1. The molecule has 0 aliphatic carbocycles. The third kappa shape index (κ3) is 5.01. The van der Waals surface area contributed by atoms with Crippen LogP contribution in [0.1, 0.15) is 18.3 Å². The first-order valence-corrected chi connectivity index (χ1v) is 9.83.